The van der Waals surface area contributed by atoms with E-state index in [-0.39, 0.29) is 12.1 Å². The first-order valence-electron chi connectivity index (χ1n) is 5.23. The van der Waals surface area contributed by atoms with E-state index in [9.17, 15) is 9.59 Å². The largest absolute Gasteiger partial charge is 0.480 e. The Morgan fingerprint density at radius 3 is 2.13 bits per heavy atom. The molecule has 0 spiro atoms. The molecular formula is C10H20N2O3. The monoisotopic (exact) mass is 216 g/mol. The van der Waals surface area contributed by atoms with Crippen molar-refractivity contribution in [2.75, 3.05) is 6.54 Å². The maximum Gasteiger partial charge on any atom is 0.326 e. The van der Waals surface area contributed by atoms with E-state index in [2.05, 4.69) is 5.32 Å². The van der Waals surface area contributed by atoms with Crippen LogP contribution in [0.5, 0.6) is 0 Å². The molecule has 0 rings (SSSR count). The highest BCUT2D eigenvalue weighted by atomic mass is 16.4. The van der Waals surface area contributed by atoms with Gasteiger partial charge in [-0.3, -0.25) is 0 Å². The Morgan fingerprint density at radius 1 is 1.33 bits per heavy atom. The van der Waals surface area contributed by atoms with E-state index in [0.717, 1.165) is 0 Å². The molecule has 1 atom stereocenters. The highest BCUT2D eigenvalue weighted by Gasteiger charge is 2.21. The lowest BCUT2D eigenvalue weighted by Gasteiger charge is -2.26. The first-order valence-corrected chi connectivity index (χ1v) is 5.23. The fourth-order valence-electron chi connectivity index (χ4n) is 1.31. The summed E-state index contributed by atoms with van der Waals surface area (Å²) in [6, 6.07) is -1.05. The number of nitrogens with one attached hydrogen (secondary N) is 1. The Kier molecular flexibility index (Phi) is 5.74. The van der Waals surface area contributed by atoms with Crippen LogP contribution in [0.1, 0.15) is 34.1 Å². The van der Waals surface area contributed by atoms with E-state index < -0.39 is 12.0 Å². The zero-order valence-corrected chi connectivity index (χ0v) is 9.78. The Bertz CT molecular complexity index is 229. The van der Waals surface area contributed by atoms with Gasteiger partial charge >= 0.3 is 12.0 Å². The van der Waals surface area contributed by atoms with Crippen molar-refractivity contribution in [3.63, 3.8) is 0 Å². The smallest absolute Gasteiger partial charge is 0.326 e. The van der Waals surface area contributed by atoms with Crippen LogP contribution in [-0.2, 0) is 4.79 Å². The summed E-state index contributed by atoms with van der Waals surface area (Å²) in [6.45, 7) is 7.95. The van der Waals surface area contributed by atoms with Crippen molar-refractivity contribution >= 4 is 12.0 Å². The first kappa shape index (κ1) is 13.7. The van der Waals surface area contributed by atoms with Crippen LogP contribution in [-0.4, -0.2) is 40.6 Å². The zero-order valence-electron chi connectivity index (χ0n) is 9.78. The predicted octanol–water partition coefficient (Wildman–Crippen LogP) is 1.29. The summed E-state index contributed by atoms with van der Waals surface area (Å²) in [7, 11) is 0. The number of rotatable bonds is 5. The third-order valence-corrected chi connectivity index (χ3v) is 2.23. The molecule has 0 fully saturated rings. The van der Waals surface area contributed by atoms with Gasteiger partial charge in [-0.15, -0.1) is 0 Å². The minimum absolute atomic E-state index is 0.0706. The standard InChI is InChI=1S/C10H20N2O3/c1-5-8(9(13)14)11-10(15)12(6-2)7(3)4/h7-8H,5-6H2,1-4H3,(H,11,15)(H,13,14)/t8-/m0/s1. The highest BCUT2D eigenvalue weighted by Crippen LogP contribution is 2.00. The van der Waals surface area contributed by atoms with Crippen LogP contribution in [0.3, 0.4) is 0 Å². The van der Waals surface area contributed by atoms with E-state index in [1.807, 2.05) is 20.8 Å². The van der Waals surface area contributed by atoms with Gasteiger partial charge in [-0.1, -0.05) is 6.92 Å². The van der Waals surface area contributed by atoms with Gasteiger partial charge in [0.1, 0.15) is 6.04 Å². The molecule has 0 aromatic rings. The number of amides is 2. The Hall–Kier alpha value is -1.26. The van der Waals surface area contributed by atoms with Gasteiger partial charge in [-0.2, -0.15) is 0 Å². The Balaban J connectivity index is 4.38. The van der Waals surface area contributed by atoms with E-state index in [0.29, 0.717) is 13.0 Å². The summed E-state index contributed by atoms with van der Waals surface area (Å²) < 4.78 is 0. The third-order valence-electron chi connectivity index (χ3n) is 2.23. The van der Waals surface area contributed by atoms with Crippen LogP contribution in [0.25, 0.3) is 0 Å². The van der Waals surface area contributed by atoms with Crippen molar-refractivity contribution in [3.8, 4) is 0 Å². The molecule has 0 aromatic heterocycles. The number of hydrogen-bond acceptors (Lipinski definition) is 2. The summed E-state index contributed by atoms with van der Waals surface area (Å²) in [5, 5.41) is 11.3. The Labute approximate surface area is 90.5 Å². The first-order chi connectivity index (χ1) is 6.93. The lowest BCUT2D eigenvalue weighted by atomic mass is 10.2. The molecule has 2 N–H and O–H groups in total. The van der Waals surface area contributed by atoms with Gasteiger partial charge in [0.2, 0.25) is 0 Å². The lowest BCUT2D eigenvalue weighted by Crippen LogP contribution is -2.49. The van der Waals surface area contributed by atoms with E-state index in [4.69, 9.17) is 5.11 Å². The van der Waals surface area contributed by atoms with Gasteiger partial charge in [-0.25, -0.2) is 9.59 Å². The molecule has 5 heteroatoms. The number of carbonyl (C=O) groups excluding carboxylic acids is 1. The normalized spacial score (nSPS) is 12.3. The fraction of sp³-hybridized carbons (Fsp3) is 0.800. The molecule has 0 heterocycles. The number of urea groups is 1. The molecule has 0 saturated carbocycles. The third kappa shape index (κ3) is 4.18. The number of nitrogens with zero attached hydrogens (tertiary/aromatic N) is 1. The van der Waals surface area contributed by atoms with E-state index in [1.165, 1.54) is 0 Å². The second kappa shape index (κ2) is 6.27. The summed E-state index contributed by atoms with van der Waals surface area (Å²) in [6.07, 6.45) is 0.386. The molecule has 0 aliphatic heterocycles. The van der Waals surface area contributed by atoms with Crippen molar-refractivity contribution in [1.29, 1.82) is 0 Å². The molecule has 0 unspecified atom stereocenters. The molecule has 15 heavy (non-hydrogen) atoms. The van der Waals surface area contributed by atoms with Crippen LogP contribution in [0, 0.1) is 0 Å². The predicted molar refractivity (Wildman–Crippen MR) is 57.8 cm³/mol. The average Bonchev–Trinajstić information content (AvgIpc) is 2.14. The maximum atomic E-state index is 11.6. The molecule has 5 nitrogen and oxygen atoms in total. The van der Waals surface area contributed by atoms with Gasteiger partial charge in [0.05, 0.1) is 0 Å². The summed E-state index contributed by atoms with van der Waals surface area (Å²) >= 11 is 0. The zero-order chi connectivity index (χ0) is 12.0. The molecule has 0 bridgehead atoms. The summed E-state index contributed by atoms with van der Waals surface area (Å²) in [5.74, 6) is -0.995. The van der Waals surface area contributed by atoms with Gasteiger partial charge in [0.15, 0.2) is 0 Å². The molecular weight excluding hydrogens is 196 g/mol. The molecule has 88 valence electrons. The lowest BCUT2D eigenvalue weighted by molar-refractivity contribution is -0.139. The fourth-order valence-corrected chi connectivity index (χ4v) is 1.31. The van der Waals surface area contributed by atoms with Crippen LogP contribution >= 0.6 is 0 Å². The van der Waals surface area contributed by atoms with Gasteiger partial charge in [0, 0.05) is 12.6 Å². The highest BCUT2D eigenvalue weighted by molar-refractivity contribution is 5.82. The molecule has 0 aromatic carbocycles. The molecule has 0 aliphatic carbocycles. The number of carboxylic acids is 1. The SMILES string of the molecule is CC[C@H](NC(=O)N(CC)C(C)C)C(=O)O. The van der Waals surface area contributed by atoms with Gasteiger partial charge < -0.3 is 15.3 Å². The number of carboxylic acid groups (broad SMARTS) is 1. The van der Waals surface area contributed by atoms with Gasteiger partial charge in [0.25, 0.3) is 0 Å². The van der Waals surface area contributed by atoms with E-state index in [1.54, 1.807) is 11.8 Å². The topological polar surface area (TPSA) is 69.6 Å². The molecule has 0 aliphatic rings. The van der Waals surface area contributed by atoms with Crippen LogP contribution in [0.15, 0.2) is 0 Å². The average molecular weight is 216 g/mol. The van der Waals surface area contributed by atoms with Gasteiger partial charge in [-0.05, 0) is 27.2 Å². The van der Waals surface area contributed by atoms with Crippen LogP contribution < -0.4 is 5.32 Å². The minimum Gasteiger partial charge on any atom is -0.480 e. The second-order valence-corrected chi connectivity index (χ2v) is 3.63. The van der Waals surface area contributed by atoms with Crippen molar-refractivity contribution in [3.05, 3.63) is 0 Å². The van der Waals surface area contributed by atoms with Crippen molar-refractivity contribution in [2.45, 2.75) is 46.2 Å². The molecule has 0 saturated heterocycles. The van der Waals surface area contributed by atoms with Crippen LogP contribution in [0.4, 0.5) is 4.79 Å². The van der Waals surface area contributed by atoms with Crippen molar-refractivity contribution in [2.24, 2.45) is 0 Å². The summed E-state index contributed by atoms with van der Waals surface area (Å²) in [4.78, 5) is 23.9. The second-order valence-electron chi connectivity index (χ2n) is 3.63. The molecule has 2 amide bonds. The van der Waals surface area contributed by atoms with Crippen LogP contribution in [0.2, 0.25) is 0 Å². The maximum absolute atomic E-state index is 11.6. The van der Waals surface area contributed by atoms with Crippen molar-refractivity contribution < 1.29 is 14.7 Å². The molecule has 0 radical (unpaired) electrons. The number of aliphatic carboxylic acids is 1. The number of carbonyl (C=O) groups is 2. The Morgan fingerprint density at radius 2 is 1.87 bits per heavy atom. The van der Waals surface area contributed by atoms with Crippen molar-refractivity contribution in [1.82, 2.24) is 10.2 Å². The summed E-state index contributed by atoms with van der Waals surface area (Å²) in [5.41, 5.74) is 0. The number of hydrogen-bond donors (Lipinski definition) is 2. The quantitative estimate of drug-likeness (QED) is 0.727. The van der Waals surface area contributed by atoms with E-state index >= 15 is 0 Å². The minimum atomic E-state index is -0.995.